The number of carbonyl (C=O) groups excluding carboxylic acids is 1. The predicted octanol–water partition coefficient (Wildman–Crippen LogP) is 0.545. The summed E-state index contributed by atoms with van der Waals surface area (Å²) < 4.78 is 5.30. The van der Waals surface area contributed by atoms with Crippen molar-refractivity contribution in [3.63, 3.8) is 0 Å². The van der Waals surface area contributed by atoms with E-state index >= 15 is 0 Å². The lowest BCUT2D eigenvalue weighted by atomic mass is 10.3. The van der Waals surface area contributed by atoms with Crippen LogP contribution in [0.3, 0.4) is 0 Å². The third-order valence-electron chi connectivity index (χ3n) is 3.08. The Kier molecular flexibility index (Phi) is 4.36. The van der Waals surface area contributed by atoms with Crippen molar-refractivity contribution in [2.75, 3.05) is 39.4 Å². The Labute approximate surface area is 96.6 Å². The number of ether oxygens (including phenoxy) is 1. The number of hydrogen-bond donors (Lipinski definition) is 1. The molecule has 0 unspecified atom stereocenters. The molecule has 0 atom stereocenters. The highest BCUT2D eigenvalue weighted by atomic mass is 16.5. The van der Waals surface area contributed by atoms with Gasteiger partial charge in [0.25, 0.3) is 0 Å². The number of carbonyl (C=O) groups is 1. The van der Waals surface area contributed by atoms with Crippen LogP contribution >= 0.6 is 0 Å². The quantitative estimate of drug-likeness (QED) is 0.692. The maximum atomic E-state index is 11.0. The molecule has 0 radical (unpaired) electrons. The van der Waals surface area contributed by atoms with E-state index in [0.717, 1.165) is 57.9 Å². The molecular weight excluding hydrogens is 204 g/mol. The van der Waals surface area contributed by atoms with Crippen molar-refractivity contribution in [1.82, 2.24) is 10.2 Å². The summed E-state index contributed by atoms with van der Waals surface area (Å²) in [4.78, 5) is 13.4. The van der Waals surface area contributed by atoms with Crippen molar-refractivity contribution < 1.29 is 9.53 Å². The van der Waals surface area contributed by atoms with Gasteiger partial charge in [-0.05, 0) is 19.4 Å². The van der Waals surface area contributed by atoms with Crippen LogP contribution in [0.5, 0.6) is 0 Å². The van der Waals surface area contributed by atoms with E-state index in [1.54, 1.807) is 6.08 Å². The Bertz CT molecular complexity index is 270. The summed E-state index contributed by atoms with van der Waals surface area (Å²) in [6.45, 7) is 5.94. The standard InChI is InChI=1S/C12H20N2O2/c15-12-3-2-11(10-12)13-4-1-5-14-6-8-16-9-7-14/h10,13H,1-9H2. The van der Waals surface area contributed by atoms with Crippen LogP contribution in [0.15, 0.2) is 11.8 Å². The van der Waals surface area contributed by atoms with Crippen molar-refractivity contribution in [3.8, 4) is 0 Å². The summed E-state index contributed by atoms with van der Waals surface area (Å²) in [6.07, 6.45) is 4.46. The second-order valence-electron chi connectivity index (χ2n) is 4.37. The highest BCUT2D eigenvalue weighted by Gasteiger charge is 2.12. The van der Waals surface area contributed by atoms with E-state index in [0.29, 0.717) is 6.42 Å². The van der Waals surface area contributed by atoms with Gasteiger partial charge in [-0.15, -0.1) is 0 Å². The van der Waals surface area contributed by atoms with Crippen LogP contribution in [0.4, 0.5) is 0 Å². The molecule has 16 heavy (non-hydrogen) atoms. The van der Waals surface area contributed by atoms with Crippen LogP contribution in [0.2, 0.25) is 0 Å². The number of rotatable bonds is 5. The van der Waals surface area contributed by atoms with Crippen molar-refractivity contribution in [1.29, 1.82) is 0 Å². The molecule has 1 heterocycles. The zero-order valence-electron chi connectivity index (χ0n) is 9.71. The molecule has 1 aliphatic heterocycles. The summed E-state index contributed by atoms with van der Waals surface area (Å²) in [5.41, 5.74) is 1.12. The normalized spacial score (nSPS) is 22.2. The fraction of sp³-hybridized carbons (Fsp3) is 0.750. The fourth-order valence-corrected chi connectivity index (χ4v) is 2.11. The molecule has 0 aromatic rings. The van der Waals surface area contributed by atoms with Gasteiger partial charge in [0.1, 0.15) is 0 Å². The van der Waals surface area contributed by atoms with Gasteiger partial charge in [-0.25, -0.2) is 0 Å². The van der Waals surface area contributed by atoms with Gasteiger partial charge in [0, 0.05) is 37.8 Å². The smallest absolute Gasteiger partial charge is 0.157 e. The molecular formula is C12H20N2O2. The Hall–Kier alpha value is -0.870. The first-order chi connectivity index (χ1) is 7.84. The molecule has 1 N–H and O–H groups in total. The van der Waals surface area contributed by atoms with Crippen LogP contribution in [-0.2, 0) is 9.53 Å². The largest absolute Gasteiger partial charge is 0.388 e. The monoisotopic (exact) mass is 224 g/mol. The summed E-state index contributed by atoms with van der Waals surface area (Å²) in [5.74, 6) is 0.260. The van der Waals surface area contributed by atoms with Crippen LogP contribution in [0.25, 0.3) is 0 Å². The first kappa shape index (κ1) is 11.6. The van der Waals surface area contributed by atoms with Gasteiger partial charge in [0.15, 0.2) is 5.78 Å². The Morgan fingerprint density at radius 2 is 2.12 bits per heavy atom. The zero-order chi connectivity index (χ0) is 11.2. The van der Waals surface area contributed by atoms with E-state index in [4.69, 9.17) is 4.74 Å². The number of nitrogens with one attached hydrogen (secondary N) is 1. The highest BCUT2D eigenvalue weighted by molar-refractivity contribution is 5.92. The fourth-order valence-electron chi connectivity index (χ4n) is 2.11. The van der Waals surface area contributed by atoms with Gasteiger partial charge >= 0.3 is 0 Å². The molecule has 90 valence electrons. The molecule has 0 amide bonds. The van der Waals surface area contributed by atoms with Gasteiger partial charge in [-0.2, -0.15) is 0 Å². The second-order valence-corrected chi connectivity index (χ2v) is 4.37. The molecule has 1 aliphatic carbocycles. The molecule has 0 spiro atoms. The van der Waals surface area contributed by atoms with E-state index in [1.807, 2.05) is 0 Å². The molecule has 4 nitrogen and oxygen atoms in total. The molecule has 4 heteroatoms. The molecule has 0 aromatic heterocycles. The minimum absolute atomic E-state index is 0.260. The third-order valence-corrected chi connectivity index (χ3v) is 3.08. The lowest BCUT2D eigenvalue weighted by molar-refractivity contribution is -0.114. The maximum Gasteiger partial charge on any atom is 0.157 e. The minimum Gasteiger partial charge on any atom is -0.388 e. The number of ketones is 1. The molecule has 1 saturated heterocycles. The van der Waals surface area contributed by atoms with Crippen molar-refractivity contribution >= 4 is 5.78 Å². The molecule has 1 fully saturated rings. The topological polar surface area (TPSA) is 41.6 Å². The van der Waals surface area contributed by atoms with Gasteiger partial charge in [0.2, 0.25) is 0 Å². The summed E-state index contributed by atoms with van der Waals surface area (Å²) in [7, 11) is 0. The molecule has 0 saturated carbocycles. The lowest BCUT2D eigenvalue weighted by Crippen LogP contribution is -2.37. The molecule has 0 bridgehead atoms. The molecule has 2 aliphatic rings. The van der Waals surface area contributed by atoms with E-state index in [9.17, 15) is 4.79 Å². The Morgan fingerprint density at radius 3 is 2.81 bits per heavy atom. The second kappa shape index (κ2) is 6.01. The van der Waals surface area contributed by atoms with Crippen molar-refractivity contribution in [3.05, 3.63) is 11.8 Å². The maximum absolute atomic E-state index is 11.0. The number of hydrogen-bond acceptors (Lipinski definition) is 4. The summed E-state index contributed by atoms with van der Waals surface area (Å²) in [5, 5.41) is 3.33. The van der Waals surface area contributed by atoms with Gasteiger partial charge < -0.3 is 10.1 Å². The molecule has 2 rings (SSSR count). The third kappa shape index (κ3) is 3.61. The van der Waals surface area contributed by atoms with E-state index < -0.39 is 0 Å². The zero-order valence-corrected chi connectivity index (χ0v) is 9.71. The van der Waals surface area contributed by atoms with E-state index in [-0.39, 0.29) is 5.78 Å². The van der Waals surface area contributed by atoms with Crippen LogP contribution in [0, 0.1) is 0 Å². The minimum atomic E-state index is 0.260. The average Bonchev–Trinajstić information content (AvgIpc) is 2.72. The Balaban J connectivity index is 1.54. The molecule has 0 aromatic carbocycles. The predicted molar refractivity (Wildman–Crippen MR) is 62.2 cm³/mol. The number of morpholine rings is 1. The van der Waals surface area contributed by atoms with Crippen LogP contribution < -0.4 is 5.32 Å². The SMILES string of the molecule is O=C1C=C(NCCCN2CCOCC2)CC1. The van der Waals surface area contributed by atoms with Gasteiger partial charge in [0.05, 0.1) is 13.2 Å². The number of allylic oxidation sites excluding steroid dienone is 2. The average molecular weight is 224 g/mol. The van der Waals surface area contributed by atoms with E-state index in [2.05, 4.69) is 10.2 Å². The highest BCUT2D eigenvalue weighted by Crippen LogP contribution is 2.11. The summed E-state index contributed by atoms with van der Waals surface area (Å²) >= 11 is 0. The summed E-state index contributed by atoms with van der Waals surface area (Å²) in [6, 6.07) is 0. The van der Waals surface area contributed by atoms with Crippen LogP contribution in [-0.4, -0.2) is 50.1 Å². The number of nitrogens with zero attached hydrogens (tertiary/aromatic N) is 1. The lowest BCUT2D eigenvalue weighted by Gasteiger charge is -2.26. The van der Waals surface area contributed by atoms with Crippen molar-refractivity contribution in [2.24, 2.45) is 0 Å². The van der Waals surface area contributed by atoms with Gasteiger partial charge in [-0.3, -0.25) is 9.69 Å². The van der Waals surface area contributed by atoms with E-state index in [1.165, 1.54) is 0 Å². The Morgan fingerprint density at radius 1 is 1.31 bits per heavy atom. The van der Waals surface area contributed by atoms with Gasteiger partial charge in [-0.1, -0.05) is 0 Å². The first-order valence-corrected chi connectivity index (χ1v) is 6.12. The van der Waals surface area contributed by atoms with Crippen molar-refractivity contribution in [2.45, 2.75) is 19.3 Å². The van der Waals surface area contributed by atoms with Crippen LogP contribution in [0.1, 0.15) is 19.3 Å². The first-order valence-electron chi connectivity index (χ1n) is 6.12.